The molecule has 4 rings (SSSR count). The first kappa shape index (κ1) is 15.4. The van der Waals surface area contributed by atoms with Gasteiger partial charge in [-0.15, -0.1) is 0 Å². The number of rotatable bonds is 2. The number of halogens is 1. The van der Waals surface area contributed by atoms with E-state index in [1.807, 2.05) is 0 Å². The summed E-state index contributed by atoms with van der Waals surface area (Å²) in [6.45, 7) is 0. The number of hydrogen-bond donors (Lipinski definition) is 2. The minimum absolute atomic E-state index is 0.0852. The first-order valence-corrected chi connectivity index (χ1v) is 8.67. The molecule has 4 nitrogen and oxygen atoms in total. The second-order valence-corrected chi connectivity index (χ2v) is 6.98. The lowest BCUT2D eigenvalue weighted by molar-refractivity contribution is -0.116. The molecule has 3 atom stereocenters. The van der Waals surface area contributed by atoms with E-state index in [4.69, 9.17) is 0 Å². The number of aliphatic hydroxyl groups is 1. The first-order valence-electron chi connectivity index (χ1n) is 8.67. The zero-order valence-electron chi connectivity index (χ0n) is 13.5. The molecule has 3 aliphatic rings. The molecule has 0 amide bonds. The molecule has 2 aliphatic carbocycles. The van der Waals surface area contributed by atoms with Crippen LogP contribution in [0.2, 0.25) is 0 Å². The Labute approximate surface area is 140 Å². The molecule has 0 bridgehead atoms. The molecule has 1 aliphatic heterocycles. The smallest absolute Gasteiger partial charge is 0.170 e. The molecule has 1 saturated carbocycles. The molecule has 24 heavy (non-hydrogen) atoms. The van der Waals surface area contributed by atoms with Gasteiger partial charge in [-0.2, -0.15) is 0 Å². The highest BCUT2D eigenvalue weighted by atomic mass is 19.1. The minimum Gasteiger partial charge on any atom is -0.511 e. The van der Waals surface area contributed by atoms with Crippen LogP contribution in [0, 0.1) is 5.82 Å². The van der Waals surface area contributed by atoms with Crippen molar-refractivity contribution in [3.05, 3.63) is 47.0 Å². The molecule has 5 heteroatoms. The highest BCUT2D eigenvalue weighted by molar-refractivity contribution is 6.23. The fourth-order valence-corrected chi connectivity index (χ4v) is 4.08. The Morgan fingerprint density at radius 1 is 1.12 bits per heavy atom. The molecular weight excluding hydrogens is 307 g/mol. The van der Waals surface area contributed by atoms with Crippen LogP contribution in [0.15, 0.2) is 40.6 Å². The Morgan fingerprint density at radius 2 is 1.88 bits per heavy atom. The number of carbonyl (C=O) groups is 1. The summed E-state index contributed by atoms with van der Waals surface area (Å²) in [5, 5.41) is 13.8. The van der Waals surface area contributed by atoms with Crippen LogP contribution in [0.4, 0.5) is 4.39 Å². The summed E-state index contributed by atoms with van der Waals surface area (Å²) in [6, 6.07) is 6.69. The average molecular weight is 328 g/mol. The molecule has 1 fully saturated rings. The number of aliphatic imine (C=N–C) groups is 1. The highest BCUT2D eigenvalue weighted by Crippen LogP contribution is 2.35. The first-order chi connectivity index (χ1) is 11.6. The van der Waals surface area contributed by atoms with E-state index < -0.39 is 0 Å². The van der Waals surface area contributed by atoms with E-state index >= 15 is 0 Å². The lowest BCUT2D eigenvalue weighted by atomic mass is 9.82. The average Bonchev–Trinajstić information content (AvgIpc) is 2.98. The molecule has 1 unspecified atom stereocenters. The van der Waals surface area contributed by atoms with Crippen molar-refractivity contribution in [2.45, 2.75) is 56.5 Å². The van der Waals surface area contributed by atoms with Crippen molar-refractivity contribution in [2.75, 3.05) is 0 Å². The van der Waals surface area contributed by atoms with Crippen LogP contribution in [-0.4, -0.2) is 28.8 Å². The highest BCUT2D eigenvalue weighted by Gasteiger charge is 2.37. The van der Waals surface area contributed by atoms with Gasteiger partial charge in [0, 0.05) is 18.9 Å². The summed E-state index contributed by atoms with van der Waals surface area (Å²) in [7, 11) is 0. The van der Waals surface area contributed by atoms with Crippen LogP contribution in [0.25, 0.3) is 0 Å². The van der Waals surface area contributed by atoms with Crippen LogP contribution < -0.4 is 5.32 Å². The van der Waals surface area contributed by atoms with Gasteiger partial charge in [0.05, 0.1) is 11.6 Å². The van der Waals surface area contributed by atoms with Gasteiger partial charge in [0.1, 0.15) is 17.4 Å². The number of ketones is 1. The predicted molar refractivity (Wildman–Crippen MR) is 89.7 cm³/mol. The van der Waals surface area contributed by atoms with E-state index in [2.05, 4.69) is 10.3 Å². The van der Waals surface area contributed by atoms with Gasteiger partial charge in [-0.1, -0.05) is 25.0 Å². The van der Waals surface area contributed by atoms with Crippen LogP contribution in [0.5, 0.6) is 0 Å². The maximum absolute atomic E-state index is 13.1. The third kappa shape index (κ3) is 2.72. The van der Waals surface area contributed by atoms with Gasteiger partial charge < -0.3 is 10.4 Å². The fraction of sp³-hybridized carbons (Fsp3) is 0.474. The van der Waals surface area contributed by atoms with Gasteiger partial charge in [-0.3, -0.25) is 9.79 Å². The Morgan fingerprint density at radius 3 is 2.58 bits per heavy atom. The number of aliphatic hydroxyl groups excluding tert-OH is 1. The third-order valence-electron chi connectivity index (χ3n) is 5.36. The molecule has 1 aromatic rings. The van der Waals surface area contributed by atoms with Gasteiger partial charge in [0.25, 0.3) is 0 Å². The standard InChI is InChI=1S/C19H21FN2O2/c20-13-7-5-11(6-8-13)12-9-16(23)18(17(24)10-12)19-21-14-3-1-2-4-15(14)22-19/h5-8,12,14-15,23H,1-4,9-10H2,(H,21,22)/t12?,14-,15-/m0/s1. The van der Waals surface area contributed by atoms with Crippen LogP contribution in [0.3, 0.4) is 0 Å². The van der Waals surface area contributed by atoms with Gasteiger partial charge >= 0.3 is 0 Å². The van der Waals surface area contributed by atoms with Crippen molar-refractivity contribution in [1.82, 2.24) is 5.32 Å². The van der Waals surface area contributed by atoms with Gasteiger partial charge in [0.2, 0.25) is 0 Å². The number of hydrogen-bond acceptors (Lipinski definition) is 4. The lowest BCUT2D eigenvalue weighted by Crippen LogP contribution is -2.39. The van der Waals surface area contributed by atoms with E-state index in [9.17, 15) is 14.3 Å². The van der Waals surface area contributed by atoms with Gasteiger partial charge in [0.15, 0.2) is 5.78 Å². The number of allylic oxidation sites excluding steroid dienone is 1. The number of Topliss-reactive ketones (excluding diaryl/α,β-unsaturated/α-hetero) is 1. The number of carbonyl (C=O) groups excluding carboxylic acids is 1. The molecule has 1 aromatic carbocycles. The molecule has 126 valence electrons. The zero-order valence-corrected chi connectivity index (χ0v) is 13.5. The Kier molecular flexibility index (Phi) is 3.87. The second-order valence-electron chi connectivity index (χ2n) is 6.98. The Hall–Kier alpha value is -2.17. The summed E-state index contributed by atoms with van der Waals surface area (Å²) in [5.41, 5.74) is 1.24. The van der Waals surface area contributed by atoms with E-state index in [0.29, 0.717) is 30.3 Å². The predicted octanol–water partition coefficient (Wildman–Crippen LogP) is 3.40. The normalized spacial score (nSPS) is 30.0. The fourth-order valence-electron chi connectivity index (χ4n) is 4.08. The number of benzene rings is 1. The summed E-state index contributed by atoms with van der Waals surface area (Å²) in [5.74, 6) is 0.190. The Balaban J connectivity index is 1.57. The second kappa shape index (κ2) is 6.04. The largest absolute Gasteiger partial charge is 0.511 e. The minimum atomic E-state index is -0.298. The topological polar surface area (TPSA) is 61.7 Å². The van der Waals surface area contributed by atoms with Crippen molar-refractivity contribution in [3.8, 4) is 0 Å². The summed E-state index contributed by atoms with van der Waals surface area (Å²) in [6.07, 6.45) is 5.18. The van der Waals surface area contributed by atoms with E-state index in [-0.39, 0.29) is 29.3 Å². The molecule has 2 N–H and O–H groups in total. The van der Waals surface area contributed by atoms with E-state index in [1.165, 1.54) is 25.0 Å². The van der Waals surface area contributed by atoms with Crippen LogP contribution >= 0.6 is 0 Å². The van der Waals surface area contributed by atoms with Crippen molar-refractivity contribution < 1.29 is 14.3 Å². The summed E-state index contributed by atoms with van der Waals surface area (Å²) >= 11 is 0. The summed E-state index contributed by atoms with van der Waals surface area (Å²) < 4.78 is 13.1. The van der Waals surface area contributed by atoms with Crippen molar-refractivity contribution in [1.29, 1.82) is 0 Å². The maximum atomic E-state index is 13.1. The molecule has 0 spiro atoms. The van der Waals surface area contributed by atoms with Crippen molar-refractivity contribution in [2.24, 2.45) is 4.99 Å². The van der Waals surface area contributed by atoms with E-state index in [0.717, 1.165) is 18.4 Å². The van der Waals surface area contributed by atoms with Crippen LogP contribution in [0.1, 0.15) is 50.0 Å². The van der Waals surface area contributed by atoms with E-state index in [1.54, 1.807) is 12.1 Å². The van der Waals surface area contributed by atoms with Crippen LogP contribution in [-0.2, 0) is 4.79 Å². The SMILES string of the molecule is O=C1CC(c2ccc(F)cc2)CC(O)=C1C1=N[C@H]2CCCC[C@@H]2N1. The number of amidine groups is 1. The van der Waals surface area contributed by atoms with Gasteiger partial charge in [-0.25, -0.2) is 4.39 Å². The number of fused-ring (bicyclic) bond motifs is 1. The monoisotopic (exact) mass is 328 g/mol. The molecule has 1 heterocycles. The zero-order chi connectivity index (χ0) is 16.7. The number of nitrogens with zero attached hydrogens (tertiary/aromatic N) is 1. The molecule has 0 aromatic heterocycles. The third-order valence-corrected chi connectivity index (χ3v) is 5.36. The molecule has 0 saturated heterocycles. The quantitative estimate of drug-likeness (QED) is 0.875. The maximum Gasteiger partial charge on any atom is 0.170 e. The van der Waals surface area contributed by atoms with Crippen molar-refractivity contribution >= 4 is 11.6 Å². The lowest BCUT2D eigenvalue weighted by Gasteiger charge is -2.25. The van der Waals surface area contributed by atoms with Crippen molar-refractivity contribution in [3.63, 3.8) is 0 Å². The number of nitrogens with one attached hydrogen (secondary N) is 1. The summed E-state index contributed by atoms with van der Waals surface area (Å²) in [4.78, 5) is 17.3. The molecular formula is C19H21FN2O2. The molecule has 0 radical (unpaired) electrons. The van der Waals surface area contributed by atoms with Gasteiger partial charge in [-0.05, 0) is 36.5 Å². The Bertz CT molecular complexity index is 723.